The van der Waals surface area contributed by atoms with Crippen LogP contribution in [0.3, 0.4) is 0 Å². The minimum Gasteiger partial charge on any atom is -0.495 e. The van der Waals surface area contributed by atoms with Gasteiger partial charge < -0.3 is 9.26 Å². The van der Waals surface area contributed by atoms with E-state index in [1.807, 2.05) is 0 Å². The summed E-state index contributed by atoms with van der Waals surface area (Å²) in [5, 5.41) is 6.51. The Morgan fingerprint density at radius 3 is 2.64 bits per heavy atom. The smallest absolute Gasteiger partial charge is 0.258 e. The first-order valence-corrected chi connectivity index (χ1v) is 7.43. The fraction of sp³-hybridized carbons (Fsp3) is 0.0588. The van der Waals surface area contributed by atoms with Gasteiger partial charge in [0.05, 0.1) is 12.1 Å². The Morgan fingerprint density at radius 1 is 1.16 bits per heavy atom. The molecule has 1 aromatic heterocycles. The summed E-state index contributed by atoms with van der Waals surface area (Å²) in [7, 11) is 1.47. The highest BCUT2D eigenvalue weighted by Crippen LogP contribution is 2.26. The number of nitrogens with zero attached hydrogens (tertiary/aromatic N) is 1. The maximum atomic E-state index is 13.3. The van der Waals surface area contributed by atoms with Crippen LogP contribution < -0.4 is 10.1 Å². The van der Waals surface area contributed by atoms with Gasteiger partial charge in [-0.25, -0.2) is 8.78 Å². The van der Waals surface area contributed by atoms with Crippen molar-refractivity contribution in [2.75, 3.05) is 12.4 Å². The zero-order valence-electron chi connectivity index (χ0n) is 12.8. The predicted octanol–water partition coefficient (Wildman–Crippen LogP) is 4.53. The second-order valence-electron chi connectivity index (χ2n) is 5.01. The summed E-state index contributed by atoms with van der Waals surface area (Å²) in [6, 6.07) is 9.26. The molecule has 5 nitrogen and oxygen atoms in total. The first kappa shape index (κ1) is 16.9. The van der Waals surface area contributed by atoms with Gasteiger partial charge in [0, 0.05) is 17.2 Å². The lowest BCUT2D eigenvalue weighted by Crippen LogP contribution is -2.11. The Kier molecular flexibility index (Phi) is 4.67. The monoisotopic (exact) mass is 364 g/mol. The van der Waals surface area contributed by atoms with Gasteiger partial charge >= 0.3 is 0 Å². The third-order valence-electron chi connectivity index (χ3n) is 3.38. The van der Waals surface area contributed by atoms with E-state index in [4.69, 9.17) is 20.9 Å². The highest BCUT2D eigenvalue weighted by atomic mass is 35.5. The van der Waals surface area contributed by atoms with Crippen molar-refractivity contribution in [1.82, 2.24) is 5.16 Å². The summed E-state index contributed by atoms with van der Waals surface area (Å²) in [5.74, 6) is -1.94. The molecule has 0 atom stereocenters. The van der Waals surface area contributed by atoms with Gasteiger partial charge in [-0.05, 0) is 36.4 Å². The number of amides is 1. The van der Waals surface area contributed by atoms with E-state index in [1.54, 1.807) is 6.07 Å². The van der Waals surface area contributed by atoms with Crippen molar-refractivity contribution < 1.29 is 22.8 Å². The molecule has 0 saturated heterocycles. The molecule has 0 radical (unpaired) electrons. The largest absolute Gasteiger partial charge is 0.495 e. The molecule has 3 aromatic rings. The van der Waals surface area contributed by atoms with Crippen molar-refractivity contribution in [3.8, 4) is 17.0 Å². The van der Waals surface area contributed by atoms with Gasteiger partial charge in [0.1, 0.15) is 11.4 Å². The van der Waals surface area contributed by atoms with Crippen LogP contribution in [0.15, 0.2) is 47.0 Å². The summed E-state index contributed by atoms with van der Waals surface area (Å²) in [4.78, 5) is 12.2. The van der Waals surface area contributed by atoms with Gasteiger partial charge in [0.2, 0.25) is 5.88 Å². The molecule has 0 spiro atoms. The molecule has 1 amide bonds. The Bertz CT molecular complexity index is 943. The number of benzene rings is 2. The van der Waals surface area contributed by atoms with Gasteiger partial charge in [-0.1, -0.05) is 16.8 Å². The van der Waals surface area contributed by atoms with Crippen LogP contribution >= 0.6 is 11.6 Å². The van der Waals surface area contributed by atoms with Crippen molar-refractivity contribution in [2.24, 2.45) is 0 Å². The Hall–Kier alpha value is -2.93. The number of halogens is 3. The molecule has 3 rings (SSSR count). The summed E-state index contributed by atoms with van der Waals surface area (Å²) in [6.07, 6.45) is 0. The van der Waals surface area contributed by atoms with Crippen LogP contribution in [0, 0.1) is 11.6 Å². The SMILES string of the molecule is COc1ccc(C(=O)Nc2cc(-c3ccc(F)c(F)c3)no2)cc1Cl. The van der Waals surface area contributed by atoms with Crippen molar-refractivity contribution in [2.45, 2.75) is 0 Å². The molecule has 8 heteroatoms. The predicted molar refractivity (Wildman–Crippen MR) is 87.8 cm³/mol. The molecule has 0 aliphatic heterocycles. The lowest BCUT2D eigenvalue weighted by atomic mass is 10.1. The number of methoxy groups -OCH3 is 1. The average molecular weight is 365 g/mol. The normalized spacial score (nSPS) is 10.6. The molecular weight excluding hydrogens is 354 g/mol. The van der Waals surface area contributed by atoms with Crippen molar-refractivity contribution in [3.63, 3.8) is 0 Å². The zero-order valence-corrected chi connectivity index (χ0v) is 13.6. The van der Waals surface area contributed by atoms with Crippen molar-refractivity contribution in [3.05, 3.63) is 64.7 Å². The summed E-state index contributed by atoms with van der Waals surface area (Å²) < 4.78 is 36.3. The minimum absolute atomic E-state index is 0.0525. The number of rotatable bonds is 4. The highest BCUT2D eigenvalue weighted by Gasteiger charge is 2.14. The first-order valence-electron chi connectivity index (χ1n) is 7.05. The molecule has 1 N–H and O–H groups in total. The molecule has 1 heterocycles. The summed E-state index contributed by atoms with van der Waals surface area (Å²) in [5.41, 5.74) is 0.856. The maximum Gasteiger partial charge on any atom is 0.258 e. The Labute approximate surface area is 146 Å². The summed E-state index contributed by atoms with van der Waals surface area (Å²) in [6.45, 7) is 0. The Balaban J connectivity index is 1.77. The quantitative estimate of drug-likeness (QED) is 0.738. The van der Waals surface area contributed by atoms with Crippen LogP contribution in [0.5, 0.6) is 5.75 Å². The van der Waals surface area contributed by atoms with Gasteiger partial charge in [-0.3, -0.25) is 10.1 Å². The third-order valence-corrected chi connectivity index (χ3v) is 3.67. The lowest BCUT2D eigenvalue weighted by molar-refractivity contribution is 0.102. The van der Waals surface area contributed by atoms with Gasteiger partial charge in [0.15, 0.2) is 11.6 Å². The van der Waals surface area contributed by atoms with E-state index in [1.165, 1.54) is 31.4 Å². The van der Waals surface area contributed by atoms with E-state index < -0.39 is 17.5 Å². The Morgan fingerprint density at radius 2 is 1.96 bits per heavy atom. The van der Waals surface area contributed by atoms with Crippen LogP contribution in [0.2, 0.25) is 5.02 Å². The molecule has 0 aliphatic carbocycles. The topological polar surface area (TPSA) is 64.4 Å². The van der Waals surface area contributed by atoms with Crippen LogP contribution in [-0.2, 0) is 0 Å². The molecular formula is C17H11ClF2N2O3. The molecule has 0 aliphatic rings. The fourth-order valence-electron chi connectivity index (χ4n) is 2.12. The standard InChI is InChI=1S/C17H11ClF2N2O3/c1-24-15-5-3-10(6-11(15)18)17(23)21-16-8-14(22-25-16)9-2-4-12(19)13(20)7-9/h2-8H,1H3,(H,21,23). The molecule has 2 aromatic carbocycles. The first-order chi connectivity index (χ1) is 12.0. The highest BCUT2D eigenvalue weighted by molar-refractivity contribution is 6.32. The lowest BCUT2D eigenvalue weighted by Gasteiger charge is -2.05. The third kappa shape index (κ3) is 3.61. The van der Waals surface area contributed by atoms with Crippen LogP contribution in [0.25, 0.3) is 11.3 Å². The number of carbonyl (C=O) groups excluding carboxylic acids is 1. The number of aromatic nitrogens is 1. The molecule has 0 saturated carbocycles. The number of anilines is 1. The van der Waals surface area contributed by atoms with Gasteiger partial charge in [0.25, 0.3) is 5.91 Å². The number of carbonyl (C=O) groups is 1. The second-order valence-corrected chi connectivity index (χ2v) is 5.42. The van der Waals surface area contributed by atoms with E-state index >= 15 is 0 Å². The van der Waals surface area contributed by atoms with Crippen LogP contribution in [0.4, 0.5) is 14.7 Å². The van der Waals surface area contributed by atoms with E-state index in [9.17, 15) is 13.6 Å². The van der Waals surface area contributed by atoms with Gasteiger partial charge in [-0.2, -0.15) is 0 Å². The van der Waals surface area contributed by atoms with Crippen LogP contribution in [0.1, 0.15) is 10.4 Å². The number of hydrogen-bond acceptors (Lipinski definition) is 4. The molecule has 0 fully saturated rings. The molecule has 0 unspecified atom stereocenters. The van der Waals surface area contributed by atoms with E-state index in [-0.39, 0.29) is 22.2 Å². The van der Waals surface area contributed by atoms with Gasteiger partial charge in [-0.15, -0.1) is 0 Å². The maximum absolute atomic E-state index is 13.3. The van der Waals surface area contributed by atoms with Crippen molar-refractivity contribution >= 4 is 23.4 Å². The number of nitrogens with one attached hydrogen (secondary N) is 1. The fourth-order valence-corrected chi connectivity index (χ4v) is 2.38. The van der Waals surface area contributed by atoms with Crippen LogP contribution in [-0.4, -0.2) is 18.2 Å². The molecule has 25 heavy (non-hydrogen) atoms. The average Bonchev–Trinajstić information content (AvgIpc) is 3.05. The zero-order chi connectivity index (χ0) is 18.0. The van der Waals surface area contributed by atoms with Crippen molar-refractivity contribution in [1.29, 1.82) is 0 Å². The number of ether oxygens (including phenoxy) is 1. The molecule has 128 valence electrons. The second kappa shape index (κ2) is 6.90. The molecule has 0 bridgehead atoms. The van der Waals surface area contributed by atoms with E-state index in [0.29, 0.717) is 11.3 Å². The summed E-state index contributed by atoms with van der Waals surface area (Å²) >= 11 is 5.98. The van der Waals surface area contributed by atoms with E-state index in [0.717, 1.165) is 12.1 Å². The minimum atomic E-state index is -1.00. The van der Waals surface area contributed by atoms with E-state index in [2.05, 4.69) is 10.5 Å². The number of hydrogen-bond donors (Lipinski definition) is 1.